The zero-order chi connectivity index (χ0) is 13.1. The Morgan fingerprint density at radius 3 is 2.53 bits per heavy atom. The van der Waals surface area contributed by atoms with Crippen LogP contribution in [0.3, 0.4) is 0 Å². The molecule has 0 saturated heterocycles. The van der Waals surface area contributed by atoms with Crippen LogP contribution < -0.4 is 0 Å². The number of aryl methyl sites for hydroxylation is 1. The summed E-state index contributed by atoms with van der Waals surface area (Å²) in [5, 5.41) is 18.9. The molecule has 0 aromatic heterocycles. The summed E-state index contributed by atoms with van der Waals surface area (Å²) in [6.07, 6.45) is 0.917. The van der Waals surface area contributed by atoms with E-state index in [9.17, 15) is 15.0 Å². The van der Waals surface area contributed by atoms with Gasteiger partial charge in [-0.15, -0.1) is 0 Å². The van der Waals surface area contributed by atoms with E-state index in [4.69, 9.17) is 0 Å². The molecule has 1 rings (SSSR count). The Morgan fingerprint density at radius 2 is 2.06 bits per heavy atom. The van der Waals surface area contributed by atoms with Gasteiger partial charge in [0.1, 0.15) is 0 Å². The summed E-state index contributed by atoms with van der Waals surface area (Å²) in [7, 11) is 0. The quantitative estimate of drug-likeness (QED) is 0.826. The van der Waals surface area contributed by atoms with Crippen molar-refractivity contribution >= 4 is 5.97 Å². The molecule has 0 amide bonds. The molecule has 0 aliphatic rings. The topological polar surface area (TPSA) is 57.5 Å². The minimum Gasteiger partial charge on any atom is -0.481 e. The average molecular weight is 236 g/mol. The van der Waals surface area contributed by atoms with Crippen molar-refractivity contribution in [2.45, 2.75) is 45.1 Å². The first-order chi connectivity index (χ1) is 7.79. The van der Waals surface area contributed by atoms with Gasteiger partial charge in [0.2, 0.25) is 0 Å². The van der Waals surface area contributed by atoms with E-state index < -0.39 is 17.5 Å². The summed E-state index contributed by atoms with van der Waals surface area (Å²) in [4.78, 5) is 11.2. The van der Waals surface area contributed by atoms with Crippen molar-refractivity contribution in [1.29, 1.82) is 0 Å². The second-order valence-electron chi connectivity index (χ2n) is 5.16. The van der Waals surface area contributed by atoms with Crippen molar-refractivity contribution in [3.8, 4) is 0 Å². The molecule has 2 N–H and O–H groups in total. The number of aliphatic carboxylic acids is 1. The maximum atomic E-state index is 11.2. The first-order valence-corrected chi connectivity index (χ1v) is 5.81. The lowest BCUT2D eigenvalue weighted by Gasteiger charge is -2.20. The molecular formula is C14H20O3. The van der Waals surface area contributed by atoms with Gasteiger partial charge in [0, 0.05) is 0 Å². The third kappa shape index (κ3) is 4.57. The Hall–Kier alpha value is -1.35. The number of carboxylic acid groups (broad SMARTS) is 1. The second kappa shape index (κ2) is 5.32. The molecule has 0 bridgehead atoms. The molecule has 0 radical (unpaired) electrons. The van der Waals surface area contributed by atoms with E-state index >= 15 is 0 Å². The number of carboxylic acids is 1. The van der Waals surface area contributed by atoms with Gasteiger partial charge >= 0.3 is 5.97 Å². The second-order valence-corrected chi connectivity index (χ2v) is 5.16. The average Bonchev–Trinajstić information content (AvgIpc) is 2.15. The normalized spacial score (nSPS) is 13.4. The molecule has 0 fully saturated rings. The van der Waals surface area contributed by atoms with Crippen molar-refractivity contribution in [2.24, 2.45) is 0 Å². The van der Waals surface area contributed by atoms with E-state index in [1.807, 2.05) is 31.2 Å². The van der Waals surface area contributed by atoms with Gasteiger partial charge in [-0.3, -0.25) is 4.79 Å². The highest BCUT2D eigenvalue weighted by atomic mass is 16.4. The number of carbonyl (C=O) groups is 1. The number of aliphatic hydroxyl groups is 1. The summed E-state index contributed by atoms with van der Waals surface area (Å²) in [5.41, 5.74) is 1.04. The Labute approximate surface area is 102 Å². The van der Waals surface area contributed by atoms with Gasteiger partial charge in [0.25, 0.3) is 0 Å². The smallest absolute Gasteiger partial charge is 0.310 e. The lowest BCUT2D eigenvalue weighted by Crippen LogP contribution is -2.22. The van der Waals surface area contributed by atoms with Crippen molar-refractivity contribution in [3.05, 3.63) is 35.4 Å². The summed E-state index contributed by atoms with van der Waals surface area (Å²) < 4.78 is 0. The SMILES string of the molecule is Cc1cccc(C(CCC(C)(C)O)C(=O)O)c1. The minimum atomic E-state index is -0.833. The van der Waals surface area contributed by atoms with Crippen LogP contribution in [0.1, 0.15) is 43.7 Å². The minimum absolute atomic E-state index is 0.447. The summed E-state index contributed by atoms with van der Waals surface area (Å²) in [5.74, 6) is -1.37. The first kappa shape index (κ1) is 13.7. The van der Waals surface area contributed by atoms with Crippen LogP contribution in [-0.2, 0) is 4.79 Å². The molecule has 1 aromatic rings. The third-order valence-corrected chi connectivity index (χ3v) is 2.79. The van der Waals surface area contributed by atoms with Gasteiger partial charge in [-0.25, -0.2) is 0 Å². The van der Waals surface area contributed by atoms with E-state index in [0.717, 1.165) is 11.1 Å². The molecule has 0 aliphatic heterocycles. The van der Waals surface area contributed by atoms with Crippen molar-refractivity contribution in [2.75, 3.05) is 0 Å². The number of benzene rings is 1. The van der Waals surface area contributed by atoms with Gasteiger partial charge in [-0.05, 0) is 39.2 Å². The lowest BCUT2D eigenvalue weighted by atomic mass is 9.89. The van der Waals surface area contributed by atoms with E-state index in [1.165, 1.54) is 0 Å². The van der Waals surface area contributed by atoms with Gasteiger partial charge < -0.3 is 10.2 Å². The first-order valence-electron chi connectivity index (χ1n) is 5.81. The fourth-order valence-corrected chi connectivity index (χ4v) is 1.82. The highest BCUT2D eigenvalue weighted by Gasteiger charge is 2.23. The highest BCUT2D eigenvalue weighted by molar-refractivity contribution is 5.76. The summed E-state index contributed by atoms with van der Waals surface area (Å²) in [6.45, 7) is 5.34. The van der Waals surface area contributed by atoms with Crippen LogP contribution >= 0.6 is 0 Å². The number of hydrogen-bond acceptors (Lipinski definition) is 2. The van der Waals surface area contributed by atoms with Crippen LogP contribution in [0.4, 0.5) is 0 Å². The summed E-state index contributed by atoms with van der Waals surface area (Å²) in [6, 6.07) is 7.53. The van der Waals surface area contributed by atoms with Crippen LogP contribution in [-0.4, -0.2) is 21.8 Å². The Bertz CT molecular complexity index is 391. The molecule has 3 nitrogen and oxygen atoms in total. The predicted molar refractivity (Wildman–Crippen MR) is 67.1 cm³/mol. The molecule has 17 heavy (non-hydrogen) atoms. The fourth-order valence-electron chi connectivity index (χ4n) is 1.82. The van der Waals surface area contributed by atoms with Crippen LogP contribution in [0, 0.1) is 6.92 Å². The third-order valence-electron chi connectivity index (χ3n) is 2.79. The highest BCUT2D eigenvalue weighted by Crippen LogP contribution is 2.25. The molecule has 94 valence electrons. The monoisotopic (exact) mass is 236 g/mol. The molecule has 0 saturated carbocycles. The zero-order valence-corrected chi connectivity index (χ0v) is 10.6. The lowest BCUT2D eigenvalue weighted by molar-refractivity contribution is -0.139. The van der Waals surface area contributed by atoms with E-state index in [2.05, 4.69) is 0 Å². The van der Waals surface area contributed by atoms with Crippen LogP contribution in [0.2, 0.25) is 0 Å². The predicted octanol–water partition coefficient (Wildman–Crippen LogP) is 2.71. The van der Waals surface area contributed by atoms with Crippen molar-refractivity contribution in [3.63, 3.8) is 0 Å². The van der Waals surface area contributed by atoms with Crippen molar-refractivity contribution in [1.82, 2.24) is 0 Å². The van der Waals surface area contributed by atoms with Gasteiger partial charge in [0.05, 0.1) is 11.5 Å². The standard InChI is InChI=1S/C14H20O3/c1-10-5-4-6-11(9-10)12(13(15)16)7-8-14(2,3)17/h4-6,9,12,17H,7-8H2,1-3H3,(H,15,16). The molecule has 1 unspecified atom stereocenters. The van der Waals surface area contributed by atoms with Crippen LogP contribution in [0.5, 0.6) is 0 Å². The fraction of sp³-hybridized carbons (Fsp3) is 0.500. The molecule has 0 spiro atoms. The number of rotatable bonds is 5. The van der Waals surface area contributed by atoms with E-state index in [-0.39, 0.29) is 0 Å². The molecule has 1 aromatic carbocycles. The van der Waals surface area contributed by atoms with Crippen LogP contribution in [0.25, 0.3) is 0 Å². The Kier molecular flexibility index (Phi) is 4.29. The largest absolute Gasteiger partial charge is 0.481 e. The maximum Gasteiger partial charge on any atom is 0.310 e. The van der Waals surface area contributed by atoms with E-state index in [0.29, 0.717) is 12.8 Å². The number of hydrogen-bond donors (Lipinski definition) is 2. The summed E-state index contributed by atoms with van der Waals surface area (Å²) >= 11 is 0. The van der Waals surface area contributed by atoms with Gasteiger partial charge in [0.15, 0.2) is 0 Å². The maximum absolute atomic E-state index is 11.2. The van der Waals surface area contributed by atoms with E-state index in [1.54, 1.807) is 13.8 Å². The van der Waals surface area contributed by atoms with Gasteiger partial charge in [-0.1, -0.05) is 29.8 Å². The Morgan fingerprint density at radius 1 is 1.41 bits per heavy atom. The molecule has 3 heteroatoms. The molecule has 0 heterocycles. The molecule has 1 atom stereocenters. The Balaban J connectivity index is 2.83. The molecular weight excluding hydrogens is 216 g/mol. The zero-order valence-electron chi connectivity index (χ0n) is 10.6. The van der Waals surface area contributed by atoms with Crippen molar-refractivity contribution < 1.29 is 15.0 Å². The van der Waals surface area contributed by atoms with Crippen LogP contribution in [0.15, 0.2) is 24.3 Å². The van der Waals surface area contributed by atoms with Gasteiger partial charge in [-0.2, -0.15) is 0 Å². The molecule has 0 aliphatic carbocycles.